The zero-order chi connectivity index (χ0) is 13.0. The fraction of sp³-hybridized carbons (Fsp3) is 0.533. The van der Waals surface area contributed by atoms with Crippen LogP contribution in [-0.4, -0.2) is 19.1 Å². The summed E-state index contributed by atoms with van der Waals surface area (Å²) in [7, 11) is 1.75. The summed E-state index contributed by atoms with van der Waals surface area (Å²) in [6.07, 6.45) is 4.17. The summed E-state index contributed by atoms with van der Waals surface area (Å²) < 4.78 is 5.32. The number of rotatable bonds is 3. The van der Waals surface area contributed by atoms with Gasteiger partial charge in [0.15, 0.2) is 0 Å². The fourth-order valence-electron chi connectivity index (χ4n) is 2.51. The molecule has 1 N–H and O–H groups in total. The van der Waals surface area contributed by atoms with Gasteiger partial charge in [0.25, 0.3) is 0 Å². The van der Waals surface area contributed by atoms with Crippen LogP contribution in [0, 0.1) is 12.8 Å². The van der Waals surface area contributed by atoms with Gasteiger partial charge in [-0.1, -0.05) is 18.2 Å². The Morgan fingerprint density at radius 1 is 1.22 bits per heavy atom. The fourth-order valence-corrected chi connectivity index (χ4v) is 2.51. The van der Waals surface area contributed by atoms with E-state index in [9.17, 15) is 4.79 Å². The molecule has 3 nitrogen and oxygen atoms in total. The van der Waals surface area contributed by atoms with Crippen LogP contribution in [0.2, 0.25) is 0 Å². The monoisotopic (exact) mass is 247 g/mol. The van der Waals surface area contributed by atoms with E-state index in [1.54, 1.807) is 7.11 Å². The van der Waals surface area contributed by atoms with Crippen LogP contribution in [0.3, 0.4) is 0 Å². The largest absolute Gasteiger partial charge is 0.381 e. The van der Waals surface area contributed by atoms with E-state index >= 15 is 0 Å². The summed E-state index contributed by atoms with van der Waals surface area (Å²) in [6, 6.07) is 7.89. The molecule has 1 aliphatic carbocycles. The van der Waals surface area contributed by atoms with Gasteiger partial charge in [0, 0.05) is 18.7 Å². The standard InChI is InChI=1S/C15H21NO2/c1-11-5-3-4-6-14(11)16-15(17)12-7-9-13(18-2)10-8-12/h3-6,12-13H,7-10H2,1-2H3,(H,16,17). The van der Waals surface area contributed by atoms with Crippen LogP contribution in [0.5, 0.6) is 0 Å². The van der Waals surface area contributed by atoms with E-state index in [-0.39, 0.29) is 11.8 Å². The molecular weight excluding hydrogens is 226 g/mol. The summed E-state index contributed by atoms with van der Waals surface area (Å²) >= 11 is 0. The lowest BCUT2D eigenvalue weighted by Gasteiger charge is -2.26. The van der Waals surface area contributed by atoms with Gasteiger partial charge in [0.05, 0.1) is 6.10 Å². The number of carbonyl (C=O) groups excluding carboxylic acids is 1. The van der Waals surface area contributed by atoms with Crippen LogP contribution in [-0.2, 0) is 9.53 Å². The summed E-state index contributed by atoms with van der Waals surface area (Å²) in [4.78, 5) is 12.2. The number of amides is 1. The Labute approximate surface area is 109 Å². The average Bonchev–Trinajstić information content (AvgIpc) is 2.41. The Kier molecular flexibility index (Phi) is 4.37. The van der Waals surface area contributed by atoms with Crippen molar-refractivity contribution in [1.82, 2.24) is 0 Å². The number of benzene rings is 1. The minimum Gasteiger partial charge on any atom is -0.381 e. The molecule has 1 aromatic rings. The van der Waals surface area contributed by atoms with Crippen molar-refractivity contribution >= 4 is 11.6 Å². The lowest BCUT2D eigenvalue weighted by Crippen LogP contribution is -2.29. The quantitative estimate of drug-likeness (QED) is 0.891. The van der Waals surface area contributed by atoms with Crippen LogP contribution in [0.15, 0.2) is 24.3 Å². The van der Waals surface area contributed by atoms with Crippen molar-refractivity contribution in [3.05, 3.63) is 29.8 Å². The molecule has 0 aromatic heterocycles. The van der Waals surface area contributed by atoms with Crippen LogP contribution in [0.4, 0.5) is 5.69 Å². The molecule has 0 unspecified atom stereocenters. The van der Waals surface area contributed by atoms with E-state index in [2.05, 4.69) is 5.32 Å². The summed E-state index contributed by atoms with van der Waals surface area (Å²) in [6.45, 7) is 2.01. The molecule has 0 atom stereocenters. The zero-order valence-electron chi connectivity index (χ0n) is 11.1. The molecule has 0 aliphatic heterocycles. The normalized spacial score (nSPS) is 23.7. The molecule has 1 fully saturated rings. The van der Waals surface area contributed by atoms with E-state index < -0.39 is 0 Å². The average molecular weight is 247 g/mol. The van der Waals surface area contributed by atoms with Gasteiger partial charge in [-0.05, 0) is 44.2 Å². The van der Waals surface area contributed by atoms with Gasteiger partial charge in [0.2, 0.25) is 5.91 Å². The predicted octanol–water partition coefficient (Wildman–Crippen LogP) is 3.14. The number of nitrogens with one attached hydrogen (secondary N) is 1. The van der Waals surface area contributed by atoms with Gasteiger partial charge < -0.3 is 10.1 Å². The maximum Gasteiger partial charge on any atom is 0.227 e. The second-order valence-corrected chi connectivity index (χ2v) is 5.01. The molecule has 0 radical (unpaired) electrons. The van der Waals surface area contributed by atoms with Gasteiger partial charge in [-0.25, -0.2) is 0 Å². The molecular formula is C15H21NO2. The van der Waals surface area contributed by atoms with Crippen LogP contribution in [0.25, 0.3) is 0 Å². The molecule has 0 spiro atoms. The summed E-state index contributed by atoms with van der Waals surface area (Å²) in [5, 5.41) is 3.03. The van der Waals surface area contributed by atoms with E-state index in [1.165, 1.54) is 0 Å². The highest BCUT2D eigenvalue weighted by Crippen LogP contribution is 2.27. The van der Waals surface area contributed by atoms with Crippen molar-refractivity contribution in [2.24, 2.45) is 5.92 Å². The maximum atomic E-state index is 12.2. The van der Waals surface area contributed by atoms with Gasteiger partial charge >= 0.3 is 0 Å². The van der Waals surface area contributed by atoms with Crippen LogP contribution in [0.1, 0.15) is 31.2 Å². The molecule has 0 bridgehead atoms. The molecule has 1 aromatic carbocycles. The lowest BCUT2D eigenvalue weighted by molar-refractivity contribution is -0.121. The summed E-state index contributed by atoms with van der Waals surface area (Å²) in [5.74, 6) is 0.287. The van der Waals surface area contributed by atoms with Crippen molar-refractivity contribution in [3.8, 4) is 0 Å². The second-order valence-electron chi connectivity index (χ2n) is 5.01. The van der Waals surface area contributed by atoms with E-state index in [0.29, 0.717) is 6.10 Å². The lowest BCUT2D eigenvalue weighted by atomic mass is 9.86. The Morgan fingerprint density at radius 3 is 2.50 bits per heavy atom. The van der Waals surface area contributed by atoms with Crippen molar-refractivity contribution in [2.45, 2.75) is 38.7 Å². The second kappa shape index (κ2) is 6.01. The highest BCUT2D eigenvalue weighted by molar-refractivity contribution is 5.93. The number of carbonyl (C=O) groups is 1. The number of aryl methyl sites for hydroxylation is 1. The number of ether oxygens (including phenoxy) is 1. The molecule has 1 aliphatic rings. The molecule has 98 valence electrons. The Hall–Kier alpha value is -1.35. The number of hydrogen-bond acceptors (Lipinski definition) is 2. The van der Waals surface area contributed by atoms with Crippen LogP contribution >= 0.6 is 0 Å². The number of hydrogen-bond donors (Lipinski definition) is 1. The predicted molar refractivity (Wildman–Crippen MR) is 72.6 cm³/mol. The van der Waals surface area contributed by atoms with Crippen molar-refractivity contribution in [1.29, 1.82) is 0 Å². The Balaban J connectivity index is 1.91. The highest BCUT2D eigenvalue weighted by Gasteiger charge is 2.26. The van der Waals surface area contributed by atoms with E-state index in [4.69, 9.17) is 4.74 Å². The first-order valence-electron chi connectivity index (χ1n) is 6.60. The third kappa shape index (κ3) is 3.10. The minimum absolute atomic E-state index is 0.135. The van der Waals surface area contributed by atoms with E-state index in [0.717, 1.165) is 36.9 Å². The van der Waals surface area contributed by atoms with Crippen LogP contribution < -0.4 is 5.32 Å². The molecule has 1 saturated carbocycles. The third-order valence-electron chi connectivity index (χ3n) is 3.78. The SMILES string of the molecule is COC1CCC(C(=O)Nc2ccccc2C)CC1. The minimum atomic E-state index is 0.135. The first-order valence-corrected chi connectivity index (χ1v) is 6.60. The van der Waals surface area contributed by atoms with Gasteiger partial charge in [-0.2, -0.15) is 0 Å². The van der Waals surface area contributed by atoms with Gasteiger partial charge in [-0.15, -0.1) is 0 Å². The number of anilines is 1. The van der Waals surface area contributed by atoms with Gasteiger partial charge in [-0.3, -0.25) is 4.79 Å². The molecule has 2 rings (SSSR count). The van der Waals surface area contributed by atoms with Crippen molar-refractivity contribution in [2.75, 3.05) is 12.4 Å². The number of para-hydroxylation sites is 1. The maximum absolute atomic E-state index is 12.2. The zero-order valence-corrected chi connectivity index (χ0v) is 11.1. The number of methoxy groups -OCH3 is 1. The first kappa shape index (κ1) is 13.1. The van der Waals surface area contributed by atoms with E-state index in [1.807, 2.05) is 31.2 Å². The highest BCUT2D eigenvalue weighted by atomic mass is 16.5. The van der Waals surface area contributed by atoms with Gasteiger partial charge in [0.1, 0.15) is 0 Å². The molecule has 18 heavy (non-hydrogen) atoms. The molecule has 3 heteroatoms. The Bertz CT molecular complexity index is 409. The molecule has 0 heterocycles. The summed E-state index contributed by atoms with van der Waals surface area (Å²) in [5.41, 5.74) is 2.03. The van der Waals surface area contributed by atoms with Crippen molar-refractivity contribution in [3.63, 3.8) is 0 Å². The molecule has 0 saturated heterocycles. The smallest absolute Gasteiger partial charge is 0.227 e. The third-order valence-corrected chi connectivity index (χ3v) is 3.78. The topological polar surface area (TPSA) is 38.3 Å². The molecule has 1 amide bonds. The van der Waals surface area contributed by atoms with Crippen molar-refractivity contribution < 1.29 is 9.53 Å². The first-order chi connectivity index (χ1) is 8.70. The Morgan fingerprint density at radius 2 is 1.89 bits per heavy atom.